The van der Waals surface area contributed by atoms with Gasteiger partial charge in [-0.15, -0.1) is 11.8 Å². The van der Waals surface area contributed by atoms with E-state index in [2.05, 4.69) is 60.8 Å². The minimum absolute atomic E-state index is 0.0669. The van der Waals surface area contributed by atoms with Crippen molar-refractivity contribution < 1.29 is 4.79 Å². The number of carbonyl (C=O) groups is 1. The first-order chi connectivity index (χ1) is 12.2. The van der Waals surface area contributed by atoms with E-state index >= 15 is 0 Å². The first kappa shape index (κ1) is 16.2. The van der Waals surface area contributed by atoms with Gasteiger partial charge in [0.15, 0.2) is 0 Å². The second-order valence-electron chi connectivity index (χ2n) is 6.58. The van der Waals surface area contributed by atoms with E-state index in [1.54, 1.807) is 11.8 Å². The summed E-state index contributed by atoms with van der Waals surface area (Å²) in [6, 6.07) is 19.0. The Morgan fingerprint density at radius 3 is 2.64 bits per heavy atom. The van der Waals surface area contributed by atoms with Gasteiger partial charge < -0.3 is 5.32 Å². The molecule has 0 radical (unpaired) electrons. The van der Waals surface area contributed by atoms with Crippen LogP contribution in [0.1, 0.15) is 22.3 Å². The van der Waals surface area contributed by atoms with Crippen LogP contribution in [0.3, 0.4) is 0 Å². The molecule has 0 heterocycles. The van der Waals surface area contributed by atoms with Gasteiger partial charge in [-0.1, -0.05) is 48.5 Å². The number of benzene rings is 3. The molecular formula is C22H21NOS. The van der Waals surface area contributed by atoms with E-state index in [0.717, 1.165) is 24.3 Å². The van der Waals surface area contributed by atoms with Crippen LogP contribution in [0.25, 0.3) is 10.8 Å². The Balaban J connectivity index is 1.44. The molecule has 1 aliphatic carbocycles. The SMILES string of the molecule is Cc1ccccc1CSCC(=O)Nc1ccc2c3c(cccc13)CC2. The number of anilines is 1. The topological polar surface area (TPSA) is 29.1 Å². The Hall–Kier alpha value is -2.26. The molecule has 25 heavy (non-hydrogen) atoms. The summed E-state index contributed by atoms with van der Waals surface area (Å²) in [5, 5.41) is 5.62. The van der Waals surface area contributed by atoms with Gasteiger partial charge in [0.05, 0.1) is 5.75 Å². The minimum atomic E-state index is 0.0669. The summed E-state index contributed by atoms with van der Waals surface area (Å²) < 4.78 is 0. The maximum atomic E-state index is 12.4. The van der Waals surface area contributed by atoms with E-state index in [4.69, 9.17) is 0 Å². The molecule has 0 saturated carbocycles. The summed E-state index contributed by atoms with van der Waals surface area (Å²) in [5.41, 5.74) is 6.31. The molecule has 3 aromatic rings. The summed E-state index contributed by atoms with van der Waals surface area (Å²) in [6.07, 6.45) is 2.21. The monoisotopic (exact) mass is 347 g/mol. The molecule has 3 heteroatoms. The molecule has 0 aromatic heterocycles. The van der Waals surface area contributed by atoms with E-state index in [1.807, 2.05) is 6.07 Å². The van der Waals surface area contributed by atoms with Crippen molar-refractivity contribution in [1.29, 1.82) is 0 Å². The second kappa shape index (κ2) is 6.93. The zero-order valence-electron chi connectivity index (χ0n) is 14.3. The Labute approximate surface area is 152 Å². The zero-order valence-corrected chi connectivity index (χ0v) is 15.2. The molecule has 0 aliphatic heterocycles. The molecular weight excluding hydrogens is 326 g/mol. The Kier molecular flexibility index (Phi) is 4.50. The molecule has 2 nitrogen and oxygen atoms in total. The fourth-order valence-electron chi connectivity index (χ4n) is 3.57. The summed E-state index contributed by atoms with van der Waals surface area (Å²) in [6.45, 7) is 2.11. The number of nitrogens with one attached hydrogen (secondary N) is 1. The number of amides is 1. The number of aryl methyl sites for hydroxylation is 3. The highest BCUT2D eigenvalue weighted by Gasteiger charge is 2.16. The van der Waals surface area contributed by atoms with Gasteiger partial charge in [-0.05, 0) is 53.5 Å². The normalized spacial score (nSPS) is 12.5. The number of hydrogen-bond donors (Lipinski definition) is 1. The number of rotatable bonds is 5. The van der Waals surface area contributed by atoms with Gasteiger partial charge in [-0.2, -0.15) is 0 Å². The summed E-state index contributed by atoms with van der Waals surface area (Å²) >= 11 is 1.66. The molecule has 1 aliphatic rings. The van der Waals surface area contributed by atoms with Crippen LogP contribution in [0.5, 0.6) is 0 Å². The fraction of sp³-hybridized carbons (Fsp3) is 0.227. The quantitative estimate of drug-likeness (QED) is 0.694. The zero-order chi connectivity index (χ0) is 17.2. The van der Waals surface area contributed by atoms with Crippen molar-refractivity contribution in [3.05, 3.63) is 76.9 Å². The summed E-state index contributed by atoms with van der Waals surface area (Å²) in [4.78, 5) is 12.4. The van der Waals surface area contributed by atoms with Crippen LogP contribution in [-0.4, -0.2) is 11.7 Å². The van der Waals surface area contributed by atoms with Crippen LogP contribution in [0, 0.1) is 6.92 Å². The van der Waals surface area contributed by atoms with Crippen molar-refractivity contribution in [3.8, 4) is 0 Å². The highest BCUT2D eigenvalue weighted by Crippen LogP contribution is 2.35. The van der Waals surface area contributed by atoms with Crippen molar-refractivity contribution in [2.24, 2.45) is 0 Å². The summed E-state index contributed by atoms with van der Waals surface area (Å²) in [7, 11) is 0. The van der Waals surface area contributed by atoms with Gasteiger partial charge in [0.1, 0.15) is 0 Å². The molecule has 0 saturated heterocycles. The fourth-order valence-corrected chi connectivity index (χ4v) is 4.47. The smallest absolute Gasteiger partial charge is 0.234 e. The molecule has 126 valence electrons. The number of carbonyl (C=O) groups excluding carboxylic acids is 1. The van der Waals surface area contributed by atoms with Crippen molar-refractivity contribution >= 4 is 34.1 Å². The molecule has 0 atom stereocenters. The van der Waals surface area contributed by atoms with Crippen LogP contribution >= 0.6 is 11.8 Å². The highest BCUT2D eigenvalue weighted by atomic mass is 32.2. The molecule has 4 rings (SSSR count). The van der Waals surface area contributed by atoms with Crippen LogP contribution < -0.4 is 5.32 Å². The highest BCUT2D eigenvalue weighted by molar-refractivity contribution is 7.99. The lowest BCUT2D eigenvalue weighted by Crippen LogP contribution is -2.14. The van der Waals surface area contributed by atoms with Gasteiger partial charge in [-0.25, -0.2) is 0 Å². The van der Waals surface area contributed by atoms with E-state index in [-0.39, 0.29) is 5.91 Å². The lowest BCUT2D eigenvalue weighted by Gasteiger charge is -2.11. The maximum absolute atomic E-state index is 12.4. The van der Waals surface area contributed by atoms with Crippen LogP contribution in [0.15, 0.2) is 54.6 Å². The third-order valence-corrected chi connectivity index (χ3v) is 5.88. The predicted molar refractivity (Wildman–Crippen MR) is 107 cm³/mol. The first-order valence-electron chi connectivity index (χ1n) is 8.68. The molecule has 0 fully saturated rings. The van der Waals surface area contributed by atoms with Crippen LogP contribution in [-0.2, 0) is 23.4 Å². The summed E-state index contributed by atoms with van der Waals surface area (Å²) in [5.74, 6) is 1.40. The molecule has 1 amide bonds. The number of hydrogen-bond acceptors (Lipinski definition) is 2. The average Bonchev–Trinajstić information content (AvgIpc) is 3.04. The van der Waals surface area contributed by atoms with Gasteiger partial charge in [0, 0.05) is 16.8 Å². The molecule has 1 N–H and O–H groups in total. The van der Waals surface area contributed by atoms with E-state index < -0.39 is 0 Å². The average molecular weight is 347 g/mol. The third-order valence-electron chi connectivity index (χ3n) is 4.90. The van der Waals surface area contributed by atoms with E-state index in [9.17, 15) is 4.79 Å². The van der Waals surface area contributed by atoms with Gasteiger partial charge >= 0.3 is 0 Å². The second-order valence-corrected chi connectivity index (χ2v) is 7.57. The van der Waals surface area contributed by atoms with Gasteiger partial charge in [0.2, 0.25) is 5.91 Å². The Bertz CT molecular complexity index is 938. The van der Waals surface area contributed by atoms with Crippen molar-refractivity contribution in [2.75, 3.05) is 11.1 Å². The van der Waals surface area contributed by atoms with Gasteiger partial charge in [0.25, 0.3) is 0 Å². The molecule has 3 aromatic carbocycles. The minimum Gasteiger partial charge on any atom is -0.325 e. The van der Waals surface area contributed by atoms with E-state index in [1.165, 1.54) is 33.0 Å². The largest absolute Gasteiger partial charge is 0.325 e. The van der Waals surface area contributed by atoms with Crippen LogP contribution in [0.2, 0.25) is 0 Å². The molecule has 0 spiro atoms. The van der Waals surface area contributed by atoms with Crippen molar-refractivity contribution in [3.63, 3.8) is 0 Å². The maximum Gasteiger partial charge on any atom is 0.234 e. The molecule has 0 unspecified atom stereocenters. The lowest BCUT2D eigenvalue weighted by atomic mass is 10.0. The van der Waals surface area contributed by atoms with Crippen molar-refractivity contribution in [2.45, 2.75) is 25.5 Å². The Morgan fingerprint density at radius 1 is 1.00 bits per heavy atom. The lowest BCUT2D eigenvalue weighted by molar-refractivity contribution is -0.113. The molecule has 0 bridgehead atoms. The van der Waals surface area contributed by atoms with Crippen molar-refractivity contribution in [1.82, 2.24) is 0 Å². The standard InChI is InChI=1S/C22H21NOS/c1-15-5-2-3-6-18(15)13-25-14-21(24)23-20-12-11-17-10-9-16-7-4-8-19(20)22(16)17/h2-8,11-12H,9-10,13-14H2,1H3,(H,23,24). The predicted octanol–water partition coefficient (Wildman–Crippen LogP) is 5.12. The Morgan fingerprint density at radius 2 is 1.80 bits per heavy atom. The van der Waals surface area contributed by atoms with E-state index in [0.29, 0.717) is 5.75 Å². The van der Waals surface area contributed by atoms with Crippen LogP contribution in [0.4, 0.5) is 5.69 Å². The number of thioether (sulfide) groups is 1. The van der Waals surface area contributed by atoms with Gasteiger partial charge in [-0.3, -0.25) is 4.79 Å². The first-order valence-corrected chi connectivity index (χ1v) is 9.83. The third kappa shape index (κ3) is 3.29.